The van der Waals surface area contributed by atoms with Crippen LogP contribution in [0.4, 0.5) is 0 Å². The Hall–Kier alpha value is -0.190. The number of thiophene rings is 1. The van der Waals surface area contributed by atoms with Gasteiger partial charge in [0.2, 0.25) is 0 Å². The maximum atomic E-state index is 11.6. The molecular formula is C15H22BrNOS. The Kier molecular flexibility index (Phi) is 5.21. The van der Waals surface area contributed by atoms with Gasteiger partial charge in [0.05, 0.1) is 0 Å². The van der Waals surface area contributed by atoms with Gasteiger partial charge in [0, 0.05) is 33.2 Å². The SMILES string of the molecule is CC1CCCC(C=O)(CN(C)Cc2cc(Br)cs2)C1. The van der Waals surface area contributed by atoms with Crippen LogP contribution in [-0.2, 0) is 11.3 Å². The molecule has 1 heterocycles. The fourth-order valence-electron chi connectivity index (χ4n) is 3.28. The molecule has 1 fully saturated rings. The quantitative estimate of drug-likeness (QED) is 0.741. The number of rotatable bonds is 5. The number of halogens is 1. The van der Waals surface area contributed by atoms with Crippen LogP contribution < -0.4 is 0 Å². The van der Waals surface area contributed by atoms with Crippen LogP contribution in [0.5, 0.6) is 0 Å². The molecule has 19 heavy (non-hydrogen) atoms. The minimum Gasteiger partial charge on any atom is -0.303 e. The van der Waals surface area contributed by atoms with Crippen molar-refractivity contribution in [1.82, 2.24) is 4.90 Å². The second kappa shape index (κ2) is 6.51. The second-order valence-electron chi connectivity index (χ2n) is 6.09. The summed E-state index contributed by atoms with van der Waals surface area (Å²) in [5.41, 5.74) is -0.110. The molecule has 0 radical (unpaired) electrons. The van der Waals surface area contributed by atoms with Gasteiger partial charge in [0.15, 0.2) is 0 Å². The first kappa shape index (κ1) is 15.2. The molecule has 2 unspecified atom stereocenters. The van der Waals surface area contributed by atoms with Crippen molar-refractivity contribution in [2.45, 2.75) is 39.2 Å². The van der Waals surface area contributed by atoms with E-state index >= 15 is 0 Å². The van der Waals surface area contributed by atoms with Crippen LogP contribution in [0, 0.1) is 11.3 Å². The molecule has 2 atom stereocenters. The predicted molar refractivity (Wildman–Crippen MR) is 84.5 cm³/mol. The summed E-state index contributed by atoms with van der Waals surface area (Å²) in [6, 6.07) is 2.16. The first-order valence-corrected chi connectivity index (χ1v) is 8.58. The molecule has 2 rings (SSSR count). The summed E-state index contributed by atoms with van der Waals surface area (Å²) < 4.78 is 1.15. The van der Waals surface area contributed by atoms with Gasteiger partial charge in [-0.1, -0.05) is 19.8 Å². The normalized spacial score (nSPS) is 27.7. The van der Waals surface area contributed by atoms with Gasteiger partial charge >= 0.3 is 0 Å². The van der Waals surface area contributed by atoms with Gasteiger partial charge in [-0.15, -0.1) is 11.3 Å². The van der Waals surface area contributed by atoms with Crippen LogP contribution in [0.25, 0.3) is 0 Å². The Morgan fingerprint density at radius 2 is 2.42 bits per heavy atom. The molecule has 0 aliphatic heterocycles. The number of hydrogen-bond donors (Lipinski definition) is 0. The lowest BCUT2D eigenvalue weighted by atomic mass is 9.71. The summed E-state index contributed by atoms with van der Waals surface area (Å²) in [7, 11) is 2.12. The van der Waals surface area contributed by atoms with Crippen LogP contribution in [0.15, 0.2) is 15.9 Å². The summed E-state index contributed by atoms with van der Waals surface area (Å²) in [5.74, 6) is 0.684. The molecule has 0 spiro atoms. The first-order valence-electron chi connectivity index (χ1n) is 6.91. The van der Waals surface area contributed by atoms with Crippen LogP contribution in [0.1, 0.15) is 37.5 Å². The Bertz CT molecular complexity index is 434. The number of aldehydes is 1. The Labute approximate surface area is 128 Å². The van der Waals surface area contributed by atoms with Gasteiger partial charge in [-0.05, 0) is 47.8 Å². The van der Waals surface area contributed by atoms with Gasteiger partial charge in [-0.2, -0.15) is 0 Å². The maximum absolute atomic E-state index is 11.6. The molecule has 106 valence electrons. The molecule has 0 aromatic carbocycles. The van der Waals surface area contributed by atoms with Gasteiger partial charge < -0.3 is 9.69 Å². The monoisotopic (exact) mass is 343 g/mol. The van der Waals surface area contributed by atoms with Gasteiger partial charge in [-0.25, -0.2) is 0 Å². The highest BCUT2D eigenvalue weighted by Gasteiger charge is 2.35. The fraction of sp³-hybridized carbons (Fsp3) is 0.667. The topological polar surface area (TPSA) is 20.3 Å². The van der Waals surface area contributed by atoms with Gasteiger partial charge in [0.25, 0.3) is 0 Å². The number of carbonyl (C=O) groups is 1. The molecule has 2 nitrogen and oxygen atoms in total. The predicted octanol–water partition coefficient (Wildman–Crippen LogP) is 4.34. The van der Waals surface area contributed by atoms with Crippen LogP contribution in [-0.4, -0.2) is 24.8 Å². The maximum Gasteiger partial charge on any atom is 0.127 e. The Morgan fingerprint density at radius 3 is 3.00 bits per heavy atom. The largest absolute Gasteiger partial charge is 0.303 e. The van der Waals surface area contributed by atoms with Crippen molar-refractivity contribution in [3.63, 3.8) is 0 Å². The number of carbonyl (C=O) groups excluding carboxylic acids is 1. The molecule has 0 amide bonds. The van der Waals surface area contributed by atoms with E-state index in [4.69, 9.17) is 0 Å². The summed E-state index contributed by atoms with van der Waals surface area (Å²) >= 11 is 5.26. The smallest absolute Gasteiger partial charge is 0.127 e. The molecule has 0 N–H and O–H groups in total. The molecule has 4 heteroatoms. The highest BCUT2D eigenvalue weighted by atomic mass is 79.9. The molecule has 0 bridgehead atoms. The summed E-state index contributed by atoms with van der Waals surface area (Å²) in [6.07, 6.45) is 5.80. The lowest BCUT2D eigenvalue weighted by Gasteiger charge is -2.38. The van der Waals surface area contributed by atoms with Crippen molar-refractivity contribution < 1.29 is 4.79 Å². The molecule has 1 aliphatic rings. The summed E-state index contributed by atoms with van der Waals surface area (Å²) in [6.45, 7) is 4.09. The molecular weight excluding hydrogens is 322 g/mol. The van der Waals surface area contributed by atoms with E-state index in [9.17, 15) is 4.79 Å². The average Bonchev–Trinajstić information content (AvgIpc) is 2.74. The zero-order chi connectivity index (χ0) is 13.9. The molecule has 1 aliphatic carbocycles. The van der Waals surface area contributed by atoms with Crippen molar-refractivity contribution in [3.8, 4) is 0 Å². The van der Waals surface area contributed by atoms with E-state index in [-0.39, 0.29) is 5.41 Å². The Balaban J connectivity index is 1.95. The lowest BCUT2D eigenvalue weighted by Crippen LogP contribution is -2.40. The van der Waals surface area contributed by atoms with E-state index in [0.29, 0.717) is 5.92 Å². The molecule has 1 saturated carbocycles. The average molecular weight is 344 g/mol. The standard InChI is InChI=1S/C15H22BrNOS/c1-12-4-3-5-15(7-12,11-18)10-17(2)8-14-6-13(16)9-19-14/h6,9,11-12H,3-5,7-8,10H2,1-2H3. The number of nitrogens with zero attached hydrogens (tertiary/aromatic N) is 1. The summed E-state index contributed by atoms with van der Waals surface area (Å²) in [5, 5.41) is 2.11. The lowest BCUT2D eigenvalue weighted by molar-refractivity contribution is -0.119. The second-order valence-corrected chi connectivity index (χ2v) is 8.00. The van der Waals surface area contributed by atoms with E-state index in [0.717, 1.165) is 30.4 Å². The summed E-state index contributed by atoms with van der Waals surface area (Å²) in [4.78, 5) is 15.2. The zero-order valence-electron chi connectivity index (χ0n) is 11.7. The van der Waals surface area contributed by atoms with E-state index in [1.165, 1.54) is 24.0 Å². The molecule has 0 saturated heterocycles. The highest BCUT2D eigenvalue weighted by molar-refractivity contribution is 9.10. The van der Waals surface area contributed by atoms with Crippen molar-refractivity contribution in [3.05, 3.63) is 20.8 Å². The van der Waals surface area contributed by atoms with Gasteiger partial charge in [0.1, 0.15) is 6.29 Å². The van der Waals surface area contributed by atoms with Crippen LogP contribution in [0.3, 0.4) is 0 Å². The van der Waals surface area contributed by atoms with E-state index < -0.39 is 0 Å². The van der Waals surface area contributed by atoms with Crippen molar-refractivity contribution in [2.75, 3.05) is 13.6 Å². The van der Waals surface area contributed by atoms with E-state index in [2.05, 4.69) is 46.2 Å². The van der Waals surface area contributed by atoms with Crippen LogP contribution >= 0.6 is 27.3 Å². The molecule has 1 aromatic heterocycles. The van der Waals surface area contributed by atoms with E-state index in [1.54, 1.807) is 11.3 Å². The zero-order valence-corrected chi connectivity index (χ0v) is 14.1. The van der Waals surface area contributed by atoms with Crippen molar-refractivity contribution in [2.24, 2.45) is 11.3 Å². The Morgan fingerprint density at radius 1 is 1.63 bits per heavy atom. The van der Waals surface area contributed by atoms with E-state index in [1.807, 2.05) is 0 Å². The highest BCUT2D eigenvalue weighted by Crippen LogP contribution is 2.38. The fourth-order valence-corrected chi connectivity index (χ4v) is 4.81. The third-order valence-electron chi connectivity index (χ3n) is 4.01. The third kappa shape index (κ3) is 4.14. The van der Waals surface area contributed by atoms with Crippen molar-refractivity contribution in [1.29, 1.82) is 0 Å². The van der Waals surface area contributed by atoms with Gasteiger partial charge in [-0.3, -0.25) is 0 Å². The van der Waals surface area contributed by atoms with Crippen molar-refractivity contribution >= 4 is 33.6 Å². The number of hydrogen-bond acceptors (Lipinski definition) is 3. The van der Waals surface area contributed by atoms with Crippen LogP contribution in [0.2, 0.25) is 0 Å². The minimum absolute atomic E-state index is 0.110. The first-order chi connectivity index (χ1) is 9.03. The third-order valence-corrected chi connectivity index (χ3v) is 5.69. The molecule has 1 aromatic rings. The minimum atomic E-state index is -0.110.